The number of aromatic nitrogens is 2. The summed E-state index contributed by atoms with van der Waals surface area (Å²) >= 11 is 0. The summed E-state index contributed by atoms with van der Waals surface area (Å²) in [7, 11) is 1.79. The number of anilines is 1. The van der Waals surface area contributed by atoms with Crippen molar-refractivity contribution >= 4 is 11.6 Å². The average molecular weight is 329 g/mol. The molecule has 0 bridgehead atoms. The van der Waals surface area contributed by atoms with Gasteiger partial charge in [0.05, 0.1) is 17.6 Å². The van der Waals surface area contributed by atoms with E-state index >= 15 is 0 Å². The fourth-order valence-electron chi connectivity index (χ4n) is 2.07. The Morgan fingerprint density at radius 2 is 2.04 bits per heavy atom. The van der Waals surface area contributed by atoms with Crippen molar-refractivity contribution in [1.82, 2.24) is 9.78 Å². The number of aryl methyl sites for hydroxylation is 1. The number of hydrogen-bond acceptors (Lipinski definition) is 4. The number of nitrogens with zero attached hydrogens (tertiary/aromatic N) is 2. The first-order chi connectivity index (χ1) is 11.5. The normalized spacial score (nSPS) is 10.6. The summed E-state index contributed by atoms with van der Waals surface area (Å²) in [6.45, 7) is 2.00. The van der Waals surface area contributed by atoms with Crippen molar-refractivity contribution < 1.29 is 18.3 Å². The van der Waals surface area contributed by atoms with Gasteiger partial charge >= 0.3 is 0 Å². The summed E-state index contributed by atoms with van der Waals surface area (Å²) in [6.07, 6.45) is 1.58. The molecule has 1 N–H and O–H groups in total. The van der Waals surface area contributed by atoms with Gasteiger partial charge in [0.15, 0.2) is 5.76 Å². The molecular weight excluding hydrogens is 313 g/mol. The molecule has 24 heavy (non-hydrogen) atoms. The van der Waals surface area contributed by atoms with E-state index in [1.807, 2.05) is 6.92 Å². The fraction of sp³-hybridized carbons (Fsp3) is 0.176. The van der Waals surface area contributed by atoms with Crippen LogP contribution >= 0.6 is 0 Å². The van der Waals surface area contributed by atoms with Crippen LogP contribution in [-0.4, -0.2) is 15.7 Å². The number of carbonyl (C=O) groups is 1. The van der Waals surface area contributed by atoms with Crippen molar-refractivity contribution in [2.75, 3.05) is 5.32 Å². The predicted octanol–water partition coefficient (Wildman–Crippen LogP) is 3.29. The molecule has 0 spiro atoms. The Morgan fingerprint density at radius 1 is 1.29 bits per heavy atom. The van der Waals surface area contributed by atoms with Crippen molar-refractivity contribution in [1.29, 1.82) is 0 Å². The van der Waals surface area contributed by atoms with E-state index in [2.05, 4.69) is 10.4 Å². The summed E-state index contributed by atoms with van der Waals surface area (Å²) in [5, 5.41) is 6.80. The highest BCUT2D eigenvalue weighted by atomic mass is 19.1. The molecule has 0 fully saturated rings. The second-order valence-corrected chi connectivity index (χ2v) is 5.23. The Kier molecular flexibility index (Phi) is 4.33. The van der Waals surface area contributed by atoms with E-state index in [-0.39, 0.29) is 24.1 Å². The molecule has 0 atom stereocenters. The first kappa shape index (κ1) is 15.8. The topological polar surface area (TPSA) is 69.3 Å². The van der Waals surface area contributed by atoms with E-state index in [1.54, 1.807) is 30.1 Å². The smallest absolute Gasteiger partial charge is 0.291 e. The number of carbonyl (C=O) groups excluding carboxylic acids is 1. The van der Waals surface area contributed by atoms with Gasteiger partial charge in [-0.25, -0.2) is 4.39 Å². The second kappa shape index (κ2) is 6.57. The number of hydrogen-bond donors (Lipinski definition) is 1. The van der Waals surface area contributed by atoms with Crippen LogP contribution < -0.4 is 10.1 Å². The van der Waals surface area contributed by atoms with Crippen LogP contribution in [0.15, 0.2) is 47.0 Å². The maximum atomic E-state index is 12.8. The van der Waals surface area contributed by atoms with E-state index in [9.17, 15) is 9.18 Å². The summed E-state index contributed by atoms with van der Waals surface area (Å²) in [5.74, 6) is 0.497. The van der Waals surface area contributed by atoms with Gasteiger partial charge in [-0.2, -0.15) is 5.10 Å². The molecule has 0 saturated carbocycles. The monoisotopic (exact) mass is 329 g/mol. The summed E-state index contributed by atoms with van der Waals surface area (Å²) in [6, 6.07) is 8.91. The van der Waals surface area contributed by atoms with Crippen LogP contribution in [0.4, 0.5) is 10.1 Å². The van der Waals surface area contributed by atoms with Gasteiger partial charge in [-0.3, -0.25) is 9.48 Å². The number of furan rings is 1. The minimum absolute atomic E-state index is 0.144. The zero-order chi connectivity index (χ0) is 17.1. The standard InChI is InChI=1S/C17H16FN3O3/c1-11-15(9-19-21(11)2)20-17(22)16-8-7-14(24-16)10-23-13-5-3-12(18)4-6-13/h3-9H,10H2,1-2H3,(H,20,22). The molecule has 0 aliphatic heterocycles. The highest BCUT2D eigenvalue weighted by Crippen LogP contribution is 2.17. The molecule has 1 amide bonds. The van der Waals surface area contributed by atoms with Crippen LogP contribution in [0.5, 0.6) is 5.75 Å². The van der Waals surface area contributed by atoms with Gasteiger partial charge in [-0.1, -0.05) is 0 Å². The van der Waals surface area contributed by atoms with Crippen LogP contribution in [0.3, 0.4) is 0 Å². The molecule has 7 heteroatoms. The highest BCUT2D eigenvalue weighted by Gasteiger charge is 2.14. The van der Waals surface area contributed by atoms with Crippen LogP contribution in [0.25, 0.3) is 0 Å². The van der Waals surface area contributed by atoms with Crippen molar-refractivity contribution in [2.45, 2.75) is 13.5 Å². The van der Waals surface area contributed by atoms with Crippen LogP contribution in [-0.2, 0) is 13.7 Å². The Labute approximate surface area is 137 Å². The van der Waals surface area contributed by atoms with Crippen LogP contribution in [0, 0.1) is 12.7 Å². The Hall–Kier alpha value is -3.09. The van der Waals surface area contributed by atoms with Crippen molar-refractivity contribution in [2.24, 2.45) is 7.05 Å². The third-order valence-corrected chi connectivity index (χ3v) is 3.56. The molecular formula is C17H16FN3O3. The molecule has 0 aliphatic carbocycles. The number of nitrogens with one attached hydrogen (secondary N) is 1. The molecule has 6 nitrogen and oxygen atoms in total. The van der Waals surface area contributed by atoms with Gasteiger partial charge in [-0.15, -0.1) is 0 Å². The third kappa shape index (κ3) is 3.45. The lowest BCUT2D eigenvalue weighted by molar-refractivity contribution is 0.0992. The molecule has 1 aromatic carbocycles. The van der Waals surface area contributed by atoms with Crippen LogP contribution in [0.1, 0.15) is 22.0 Å². The number of amides is 1. The lowest BCUT2D eigenvalue weighted by Crippen LogP contribution is -2.11. The van der Waals surface area contributed by atoms with Gasteiger partial charge in [0.1, 0.15) is 23.9 Å². The van der Waals surface area contributed by atoms with E-state index in [4.69, 9.17) is 9.15 Å². The molecule has 0 aliphatic rings. The number of benzene rings is 1. The lowest BCUT2D eigenvalue weighted by Gasteiger charge is -2.04. The molecule has 3 rings (SSSR count). The zero-order valence-electron chi connectivity index (χ0n) is 13.2. The number of ether oxygens (including phenoxy) is 1. The summed E-state index contributed by atoms with van der Waals surface area (Å²) in [4.78, 5) is 12.2. The highest BCUT2D eigenvalue weighted by molar-refractivity contribution is 6.02. The Bertz CT molecular complexity index is 852. The Morgan fingerprint density at radius 3 is 2.71 bits per heavy atom. The molecule has 3 aromatic rings. The van der Waals surface area contributed by atoms with E-state index in [0.717, 1.165) is 5.69 Å². The van der Waals surface area contributed by atoms with Crippen molar-refractivity contribution in [3.63, 3.8) is 0 Å². The average Bonchev–Trinajstić information content (AvgIpc) is 3.17. The molecule has 0 radical (unpaired) electrons. The zero-order valence-corrected chi connectivity index (χ0v) is 13.2. The first-order valence-corrected chi connectivity index (χ1v) is 7.30. The minimum atomic E-state index is -0.362. The maximum Gasteiger partial charge on any atom is 0.291 e. The van der Waals surface area contributed by atoms with Crippen LogP contribution in [0.2, 0.25) is 0 Å². The SMILES string of the molecule is Cc1c(NC(=O)c2ccc(COc3ccc(F)cc3)o2)cnn1C. The summed E-state index contributed by atoms with van der Waals surface area (Å²) in [5.41, 5.74) is 1.47. The predicted molar refractivity (Wildman–Crippen MR) is 85.3 cm³/mol. The molecule has 2 heterocycles. The molecule has 0 saturated heterocycles. The van der Waals surface area contributed by atoms with E-state index in [1.165, 1.54) is 24.3 Å². The Balaban J connectivity index is 1.61. The van der Waals surface area contributed by atoms with Gasteiger partial charge in [0.2, 0.25) is 0 Å². The van der Waals surface area contributed by atoms with Gasteiger partial charge in [0, 0.05) is 7.05 Å². The van der Waals surface area contributed by atoms with E-state index < -0.39 is 0 Å². The minimum Gasteiger partial charge on any atom is -0.486 e. The molecule has 0 unspecified atom stereocenters. The second-order valence-electron chi connectivity index (χ2n) is 5.23. The van der Waals surface area contributed by atoms with Gasteiger partial charge < -0.3 is 14.5 Å². The molecule has 2 aromatic heterocycles. The lowest BCUT2D eigenvalue weighted by atomic mass is 10.3. The summed E-state index contributed by atoms with van der Waals surface area (Å²) < 4.78 is 25.4. The van der Waals surface area contributed by atoms with Crippen molar-refractivity contribution in [3.8, 4) is 5.75 Å². The van der Waals surface area contributed by atoms with E-state index in [0.29, 0.717) is 17.2 Å². The fourth-order valence-corrected chi connectivity index (χ4v) is 2.07. The van der Waals surface area contributed by atoms with Crippen molar-refractivity contribution in [3.05, 3.63) is 65.6 Å². The molecule has 124 valence electrons. The van der Waals surface area contributed by atoms with Gasteiger partial charge in [-0.05, 0) is 43.3 Å². The number of halogens is 1. The number of rotatable bonds is 5. The first-order valence-electron chi connectivity index (χ1n) is 7.30. The third-order valence-electron chi connectivity index (χ3n) is 3.56. The largest absolute Gasteiger partial charge is 0.486 e. The maximum absolute atomic E-state index is 12.8. The quantitative estimate of drug-likeness (QED) is 0.780. The van der Waals surface area contributed by atoms with Gasteiger partial charge in [0.25, 0.3) is 5.91 Å².